The molecule has 3 heterocycles. The number of alkyl halides is 3. The topological polar surface area (TPSA) is 68.2 Å². The van der Waals surface area contributed by atoms with Crippen LogP contribution >= 0.6 is 11.6 Å². The van der Waals surface area contributed by atoms with E-state index in [0.717, 1.165) is 0 Å². The van der Waals surface area contributed by atoms with Gasteiger partial charge in [-0.15, -0.1) is 0 Å². The zero-order valence-corrected chi connectivity index (χ0v) is 13.7. The maximum absolute atomic E-state index is 12.4. The molecule has 6 nitrogen and oxygen atoms in total. The van der Waals surface area contributed by atoms with E-state index in [2.05, 4.69) is 19.7 Å². The first kappa shape index (κ1) is 17.4. The van der Waals surface area contributed by atoms with Crippen LogP contribution in [0.4, 0.5) is 13.2 Å². The van der Waals surface area contributed by atoms with E-state index in [1.807, 2.05) is 0 Å². The Balaban J connectivity index is 1.71. The van der Waals surface area contributed by atoms with Crippen molar-refractivity contribution >= 4 is 17.5 Å². The third-order valence-electron chi connectivity index (χ3n) is 3.55. The highest BCUT2D eigenvalue weighted by molar-refractivity contribution is 6.30. The number of pyridine rings is 1. The molecule has 25 heavy (non-hydrogen) atoms. The molecule has 0 atom stereocenters. The summed E-state index contributed by atoms with van der Waals surface area (Å²) in [6, 6.07) is 1.59. The quantitative estimate of drug-likeness (QED) is 0.772. The second-order valence-electron chi connectivity index (χ2n) is 5.44. The van der Waals surface area contributed by atoms with Crippen LogP contribution in [0.5, 0.6) is 5.88 Å². The fourth-order valence-electron chi connectivity index (χ4n) is 2.46. The maximum Gasteiger partial charge on any atom is 0.422 e. The summed E-state index contributed by atoms with van der Waals surface area (Å²) in [4.78, 5) is 25.8. The van der Waals surface area contributed by atoms with Crippen molar-refractivity contribution in [2.45, 2.75) is 26.2 Å². The zero-order chi connectivity index (χ0) is 18.2. The van der Waals surface area contributed by atoms with Crippen LogP contribution in [0.3, 0.4) is 0 Å². The van der Waals surface area contributed by atoms with Gasteiger partial charge in [0.05, 0.1) is 30.7 Å². The minimum Gasteiger partial charge on any atom is -0.467 e. The second-order valence-corrected chi connectivity index (χ2v) is 5.80. The summed E-state index contributed by atoms with van der Waals surface area (Å²) >= 11 is 5.99. The lowest BCUT2D eigenvalue weighted by molar-refractivity contribution is -0.154. The molecular weight excluding hydrogens is 361 g/mol. The summed E-state index contributed by atoms with van der Waals surface area (Å²) in [5, 5.41) is 0.270. The largest absolute Gasteiger partial charge is 0.467 e. The predicted molar refractivity (Wildman–Crippen MR) is 81.1 cm³/mol. The lowest BCUT2D eigenvalue weighted by atomic mass is 10.2. The van der Waals surface area contributed by atoms with Crippen molar-refractivity contribution in [3.63, 3.8) is 0 Å². The molecule has 0 unspecified atom stereocenters. The number of nitrogens with zero attached hydrogens (tertiary/aromatic N) is 4. The molecule has 0 aliphatic carbocycles. The number of hydrogen-bond donors (Lipinski definition) is 0. The highest BCUT2D eigenvalue weighted by Gasteiger charge is 2.31. The van der Waals surface area contributed by atoms with Crippen molar-refractivity contribution in [3.8, 4) is 5.88 Å². The van der Waals surface area contributed by atoms with Crippen molar-refractivity contribution in [1.82, 2.24) is 19.9 Å². The molecule has 1 aliphatic rings. The Kier molecular flexibility index (Phi) is 4.51. The van der Waals surface area contributed by atoms with Crippen LogP contribution in [0.15, 0.2) is 18.5 Å². The number of ether oxygens (including phenoxy) is 1. The highest BCUT2D eigenvalue weighted by atomic mass is 35.5. The van der Waals surface area contributed by atoms with E-state index in [9.17, 15) is 18.0 Å². The van der Waals surface area contributed by atoms with E-state index < -0.39 is 12.8 Å². The Hall–Kier alpha value is -2.42. The maximum atomic E-state index is 12.4. The van der Waals surface area contributed by atoms with Crippen LogP contribution < -0.4 is 4.74 Å². The Bertz CT molecular complexity index is 829. The van der Waals surface area contributed by atoms with Gasteiger partial charge in [-0.1, -0.05) is 11.6 Å². The molecule has 0 saturated heterocycles. The smallest absolute Gasteiger partial charge is 0.422 e. The lowest BCUT2D eigenvalue weighted by Gasteiger charge is -2.16. The van der Waals surface area contributed by atoms with Gasteiger partial charge in [0.25, 0.3) is 5.91 Å². The van der Waals surface area contributed by atoms with E-state index in [1.54, 1.807) is 6.07 Å². The summed E-state index contributed by atoms with van der Waals surface area (Å²) < 4.78 is 41.2. The van der Waals surface area contributed by atoms with Gasteiger partial charge in [0.1, 0.15) is 5.15 Å². The molecule has 3 rings (SSSR count). The van der Waals surface area contributed by atoms with Gasteiger partial charge in [0.15, 0.2) is 6.61 Å². The van der Waals surface area contributed by atoms with Crippen LogP contribution in [0.2, 0.25) is 5.15 Å². The van der Waals surface area contributed by atoms with E-state index in [0.29, 0.717) is 16.8 Å². The van der Waals surface area contributed by atoms with Crippen molar-refractivity contribution < 1.29 is 22.7 Å². The number of amides is 1. The second kappa shape index (κ2) is 6.47. The van der Waals surface area contributed by atoms with Crippen LogP contribution in [-0.4, -0.2) is 38.5 Å². The lowest BCUT2D eigenvalue weighted by Crippen LogP contribution is -2.24. The van der Waals surface area contributed by atoms with Crippen molar-refractivity contribution in [2.24, 2.45) is 0 Å². The molecule has 0 radical (unpaired) electrons. The van der Waals surface area contributed by atoms with Crippen LogP contribution in [0.25, 0.3) is 0 Å². The number of fused-ring (bicyclic) bond motifs is 1. The average molecular weight is 373 g/mol. The van der Waals surface area contributed by atoms with Gasteiger partial charge in [0, 0.05) is 17.3 Å². The monoisotopic (exact) mass is 372 g/mol. The van der Waals surface area contributed by atoms with Gasteiger partial charge in [-0.05, 0) is 13.0 Å². The number of rotatable bonds is 4. The SMILES string of the molecule is Cc1nc(CN2Cc3c(ccnc3Cl)C2=O)cnc1OCC(F)(F)F. The number of carbonyl (C=O) groups is 1. The van der Waals surface area contributed by atoms with Crippen molar-refractivity contribution in [2.75, 3.05) is 6.61 Å². The summed E-state index contributed by atoms with van der Waals surface area (Å²) in [6.07, 6.45) is -1.71. The van der Waals surface area contributed by atoms with E-state index >= 15 is 0 Å². The molecule has 0 bridgehead atoms. The molecule has 0 aromatic carbocycles. The minimum atomic E-state index is -4.45. The summed E-state index contributed by atoms with van der Waals surface area (Å²) in [5.74, 6) is -0.402. The number of carbonyl (C=O) groups excluding carboxylic acids is 1. The standard InChI is InChI=1S/C15H12ClF3N4O2/c1-8-13(25-7-15(17,18)19)21-4-9(22-8)5-23-6-11-10(14(23)24)2-3-20-12(11)16/h2-4H,5-7H2,1H3. The molecule has 1 amide bonds. The van der Waals surface area contributed by atoms with Gasteiger partial charge < -0.3 is 9.64 Å². The highest BCUT2D eigenvalue weighted by Crippen LogP contribution is 2.28. The van der Waals surface area contributed by atoms with Crippen LogP contribution in [0.1, 0.15) is 27.3 Å². The van der Waals surface area contributed by atoms with E-state index in [-0.39, 0.29) is 35.7 Å². The number of aromatic nitrogens is 3. The Morgan fingerprint density at radius 3 is 2.76 bits per heavy atom. The Morgan fingerprint density at radius 2 is 2.12 bits per heavy atom. The average Bonchev–Trinajstić information content (AvgIpc) is 2.84. The van der Waals surface area contributed by atoms with Gasteiger partial charge >= 0.3 is 6.18 Å². The molecule has 1 aliphatic heterocycles. The molecule has 2 aromatic heterocycles. The van der Waals surface area contributed by atoms with Gasteiger partial charge in [-0.25, -0.2) is 15.0 Å². The van der Waals surface area contributed by atoms with E-state index in [1.165, 1.54) is 24.2 Å². The molecular formula is C15H12ClF3N4O2. The third kappa shape index (κ3) is 3.81. The summed E-state index contributed by atoms with van der Waals surface area (Å²) in [7, 11) is 0. The molecule has 0 saturated carbocycles. The normalized spacial score (nSPS) is 14.0. The molecule has 132 valence electrons. The van der Waals surface area contributed by atoms with Crippen molar-refractivity contribution in [1.29, 1.82) is 0 Å². The van der Waals surface area contributed by atoms with E-state index in [4.69, 9.17) is 11.6 Å². The zero-order valence-electron chi connectivity index (χ0n) is 13.0. The minimum absolute atomic E-state index is 0.150. The first-order valence-corrected chi connectivity index (χ1v) is 7.57. The Morgan fingerprint density at radius 1 is 1.36 bits per heavy atom. The van der Waals surface area contributed by atoms with Gasteiger partial charge in [0.2, 0.25) is 5.88 Å². The first-order chi connectivity index (χ1) is 11.7. The Labute approximate surface area is 145 Å². The number of hydrogen-bond acceptors (Lipinski definition) is 5. The number of halogens is 4. The summed E-state index contributed by atoms with van der Waals surface area (Å²) in [6.45, 7) is 0.488. The number of aryl methyl sites for hydroxylation is 1. The fraction of sp³-hybridized carbons (Fsp3) is 0.333. The van der Waals surface area contributed by atoms with Crippen LogP contribution in [0, 0.1) is 6.92 Å². The third-order valence-corrected chi connectivity index (χ3v) is 3.87. The molecule has 10 heteroatoms. The van der Waals surface area contributed by atoms with Crippen LogP contribution in [-0.2, 0) is 13.1 Å². The fourth-order valence-corrected chi connectivity index (χ4v) is 2.68. The molecule has 0 spiro atoms. The molecule has 2 aromatic rings. The summed E-state index contributed by atoms with van der Waals surface area (Å²) in [5.41, 5.74) is 1.77. The molecule has 0 N–H and O–H groups in total. The predicted octanol–water partition coefficient (Wildman–Crippen LogP) is 2.93. The van der Waals surface area contributed by atoms with Crippen molar-refractivity contribution in [3.05, 3.63) is 46.1 Å². The van der Waals surface area contributed by atoms with Gasteiger partial charge in [-0.3, -0.25) is 4.79 Å². The van der Waals surface area contributed by atoms with Gasteiger partial charge in [-0.2, -0.15) is 13.2 Å². The first-order valence-electron chi connectivity index (χ1n) is 7.19. The molecule has 0 fully saturated rings.